The molecule has 0 heterocycles. The zero-order valence-corrected chi connectivity index (χ0v) is 7.20. The van der Waals surface area contributed by atoms with Crippen molar-refractivity contribution in [2.75, 3.05) is 0 Å². The third-order valence-corrected chi connectivity index (χ3v) is 1.61. The molecule has 0 unspecified atom stereocenters. The predicted octanol–water partition coefficient (Wildman–Crippen LogP) is 1.68. The quantitative estimate of drug-likeness (QED) is 0.502. The molecule has 0 spiro atoms. The van der Waals surface area contributed by atoms with Gasteiger partial charge >= 0.3 is 0 Å². The summed E-state index contributed by atoms with van der Waals surface area (Å²) in [6.07, 6.45) is 1.32. The van der Waals surface area contributed by atoms with Crippen LogP contribution in [0.4, 0.5) is 0 Å². The normalized spacial score (nSPS) is 8.38. The van der Waals surface area contributed by atoms with Crippen LogP contribution in [0.3, 0.4) is 0 Å². The third kappa shape index (κ3) is 2.03. The van der Waals surface area contributed by atoms with Gasteiger partial charge in [-0.2, -0.15) is 0 Å². The summed E-state index contributed by atoms with van der Waals surface area (Å²) >= 11 is 0. The Balaban J connectivity index is 3.25. The largest absolute Gasteiger partial charge is 0.298 e. The summed E-state index contributed by atoms with van der Waals surface area (Å²) in [5.41, 5.74) is 1.53. The number of carbonyl (C=O) groups excluding carboxylic acids is 2. The van der Waals surface area contributed by atoms with Crippen molar-refractivity contribution in [2.24, 2.45) is 0 Å². The van der Waals surface area contributed by atoms with Gasteiger partial charge in [0.2, 0.25) is 0 Å². The summed E-state index contributed by atoms with van der Waals surface area (Å²) in [4.78, 5) is 21.0. The lowest BCUT2D eigenvalue weighted by molar-refractivity contribution is 0.109. The first-order valence-corrected chi connectivity index (χ1v) is 3.79. The standard InChI is InChI=1S/C11H8O2/c1-2-3-9-4-5-10(7-12)11(6-9)8-13/h4-8H,1H3. The molecular formula is C11H8O2. The van der Waals surface area contributed by atoms with Crippen molar-refractivity contribution in [1.82, 2.24) is 0 Å². The van der Waals surface area contributed by atoms with E-state index in [4.69, 9.17) is 0 Å². The van der Waals surface area contributed by atoms with Crippen LogP contribution < -0.4 is 0 Å². The highest BCUT2D eigenvalue weighted by molar-refractivity contribution is 5.90. The van der Waals surface area contributed by atoms with Gasteiger partial charge in [-0.1, -0.05) is 5.92 Å². The summed E-state index contributed by atoms with van der Waals surface area (Å²) in [5.74, 6) is 5.53. The number of rotatable bonds is 2. The number of benzene rings is 1. The topological polar surface area (TPSA) is 34.1 Å². The van der Waals surface area contributed by atoms with Crippen LogP contribution >= 0.6 is 0 Å². The molecule has 0 fully saturated rings. The zero-order chi connectivity index (χ0) is 9.68. The van der Waals surface area contributed by atoms with Crippen molar-refractivity contribution < 1.29 is 9.59 Å². The molecule has 0 bridgehead atoms. The van der Waals surface area contributed by atoms with Crippen molar-refractivity contribution in [1.29, 1.82) is 0 Å². The lowest BCUT2D eigenvalue weighted by atomic mass is 10.1. The fraction of sp³-hybridized carbons (Fsp3) is 0.0909. The van der Waals surface area contributed by atoms with E-state index in [9.17, 15) is 9.59 Å². The Hall–Kier alpha value is -1.88. The maximum Gasteiger partial charge on any atom is 0.150 e. The van der Waals surface area contributed by atoms with E-state index in [1.165, 1.54) is 0 Å². The Labute approximate surface area is 76.6 Å². The van der Waals surface area contributed by atoms with E-state index in [1.807, 2.05) is 0 Å². The molecule has 0 radical (unpaired) electrons. The summed E-state index contributed by atoms with van der Waals surface area (Å²) in [7, 11) is 0. The van der Waals surface area contributed by atoms with Gasteiger partial charge in [0.1, 0.15) is 0 Å². The Morgan fingerprint density at radius 2 is 1.85 bits per heavy atom. The molecule has 0 N–H and O–H groups in total. The van der Waals surface area contributed by atoms with E-state index in [0.29, 0.717) is 23.7 Å². The molecule has 64 valence electrons. The van der Waals surface area contributed by atoms with Crippen LogP contribution in [-0.4, -0.2) is 12.6 Å². The van der Waals surface area contributed by atoms with E-state index in [2.05, 4.69) is 11.8 Å². The molecule has 0 aliphatic carbocycles. The van der Waals surface area contributed by atoms with Crippen molar-refractivity contribution in [3.05, 3.63) is 34.9 Å². The minimum absolute atomic E-state index is 0.384. The van der Waals surface area contributed by atoms with Crippen LogP contribution in [0.5, 0.6) is 0 Å². The fourth-order valence-electron chi connectivity index (χ4n) is 1.01. The number of hydrogen-bond acceptors (Lipinski definition) is 2. The summed E-state index contributed by atoms with van der Waals surface area (Å²) in [5, 5.41) is 0. The van der Waals surface area contributed by atoms with E-state index in [-0.39, 0.29) is 0 Å². The average molecular weight is 172 g/mol. The minimum atomic E-state index is 0.384. The lowest BCUT2D eigenvalue weighted by Gasteiger charge is -1.96. The number of aldehydes is 2. The average Bonchev–Trinajstić information content (AvgIpc) is 2.18. The van der Waals surface area contributed by atoms with Gasteiger partial charge in [0.05, 0.1) is 0 Å². The SMILES string of the molecule is CC#Cc1ccc(C=O)c(C=O)c1. The van der Waals surface area contributed by atoms with Gasteiger partial charge in [0, 0.05) is 16.7 Å². The minimum Gasteiger partial charge on any atom is -0.298 e. The van der Waals surface area contributed by atoms with Gasteiger partial charge in [-0.3, -0.25) is 9.59 Å². The monoisotopic (exact) mass is 172 g/mol. The molecule has 0 aliphatic heterocycles. The maximum absolute atomic E-state index is 10.5. The highest BCUT2D eigenvalue weighted by Gasteiger charge is 1.99. The van der Waals surface area contributed by atoms with Crippen LogP contribution in [0.1, 0.15) is 33.2 Å². The molecule has 0 amide bonds. The molecule has 2 heteroatoms. The van der Waals surface area contributed by atoms with E-state index < -0.39 is 0 Å². The number of hydrogen-bond donors (Lipinski definition) is 0. The second-order valence-corrected chi connectivity index (χ2v) is 2.45. The number of carbonyl (C=O) groups is 2. The zero-order valence-electron chi connectivity index (χ0n) is 7.20. The molecule has 0 aliphatic rings. The second-order valence-electron chi connectivity index (χ2n) is 2.45. The Morgan fingerprint density at radius 1 is 1.15 bits per heavy atom. The smallest absolute Gasteiger partial charge is 0.150 e. The Kier molecular flexibility index (Phi) is 2.99. The van der Waals surface area contributed by atoms with Crippen LogP contribution in [-0.2, 0) is 0 Å². The van der Waals surface area contributed by atoms with Gasteiger partial charge in [-0.25, -0.2) is 0 Å². The van der Waals surface area contributed by atoms with E-state index in [0.717, 1.165) is 5.56 Å². The van der Waals surface area contributed by atoms with Gasteiger partial charge in [0.25, 0.3) is 0 Å². The molecule has 0 atom stereocenters. The molecule has 0 saturated heterocycles. The molecule has 1 rings (SSSR count). The highest BCUT2D eigenvalue weighted by Crippen LogP contribution is 2.07. The molecule has 2 nitrogen and oxygen atoms in total. The Morgan fingerprint density at radius 3 is 2.38 bits per heavy atom. The van der Waals surface area contributed by atoms with Crippen molar-refractivity contribution in [3.63, 3.8) is 0 Å². The Bertz CT molecular complexity index is 394. The van der Waals surface area contributed by atoms with Crippen LogP contribution in [0, 0.1) is 11.8 Å². The van der Waals surface area contributed by atoms with Gasteiger partial charge < -0.3 is 0 Å². The summed E-state index contributed by atoms with van der Waals surface area (Å²) in [6.45, 7) is 1.72. The summed E-state index contributed by atoms with van der Waals surface area (Å²) in [6, 6.07) is 4.91. The molecule has 0 aromatic heterocycles. The molecular weight excluding hydrogens is 164 g/mol. The molecule has 0 saturated carbocycles. The van der Waals surface area contributed by atoms with E-state index in [1.54, 1.807) is 25.1 Å². The summed E-state index contributed by atoms with van der Waals surface area (Å²) < 4.78 is 0. The fourth-order valence-corrected chi connectivity index (χ4v) is 1.01. The molecule has 13 heavy (non-hydrogen) atoms. The first-order valence-electron chi connectivity index (χ1n) is 3.79. The van der Waals surface area contributed by atoms with Gasteiger partial charge in [0.15, 0.2) is 12.6 Å². The van der Waals surface area contributed by atoms with Gasteiger partial charge in [-0.05, 0) is 25.1 Å². The maximum atomic E-state index is 10.5. The predicted molar refractivity (Wildman–Crippen MR) is 49.8 cm³/mol. The second kappa shape index (κ2) is 4.22. The van der Waals surface area contributed by atoms with Crippen molar-refractivity contribution in [3.8, 4) is 11.8 Å². The first-order chi connectivity index (χ1) is 6.31. The van der Waals surface area contributed by atoms with Crippen LogP contribution in [0.2, 0.25) is 0 Å². The first kappa shape index (κ1) is 9.21. The lowest BCUT2D eigenvalue weighted by Crippen LogP contribution is -1.91. The molecule has 1 aromatic rings. The van der Waals surface area contributed by atoms with Crippen LogP contribution in [0.25, 0.3) is 0 Å². The van der Waals surface area contributed by atoms with Crippen molar-refractivity contribution in [2.45, 2.75) is 6.92 Å². The van der Waals surface area contributed by atoms with Gasteiger partial charge in [-0.15, -0.1) is 5.92 Å². The third-order valence-electron chi connectivity index (χ3n) is 1.61. The highest BCUT2D eigenvalue weighted by atomic mass is 16.1. The van der Waals surface area contributed by atoms with Crippen molar-refractivity contribution >= 4 is 12.6 Å². The van der Waals surface area contributed by atoms with E-state index >= 15 is 0 Å². The molecule has 1 aromatic carbocycles. The van der Waals surface area contributed by atoms with Crippen LogP contribution in [0.15, 0.2) is 18.2 Å².